The van der Waals surface area contributed by atoms with Gasteiger partial charge in [0.2, 0.25) is 0 Å². The fourth-order valence-electron chi connectivity index (χ4n) is 1.36. The highest BCUT2D eigenvalue weighted by molar-refractivity contribution is 5.76. The summed E-state index contributed by atoms with van der Waals surface area (Å²) in [6.45, 7) is 2.69. The van der Waals surface area contributed by atoms with Gasteiger partial charge in [0, 0.05) is 6.61 Å². The second kappa shape index (κ2) is 24.5. The Balaban J connectivity index is -0.000000226. The zero-order chi connectivity index (χ0) is 29.6. The summed E-state index contributed by atoms with van der Waals surface area (Å²) in [5.74, 6) is -2.35. The summed E-state index contributed by atoms with van der Waals surface area (Å²) < 4.78 is 4.38. The Morgan fingerprint density at radius 2 is 1.08 bits per heavy atom. The number of aliphatic hydroxyl groups excluding tert-OH is 11. The van der Waals surface area contributed by atoms with Crippen LogP contribution in [0.25, 0.3) is 0 Å². The summed E-state index contributed by atoms with van der Waals surface area (Å²) in [6.07, 6.45) is -14.5. The normalized spacial score (nSPS) is 17.6. The third-order valence-electron chi connectivity index (χ3n) is 3.42. The molecule has 0 saturated heterocycles. The number of ether oxygens (including phenoxy) is 1. The predicted molar refractivity (Wildman–Crippen MR) is 116 cm³/mol. The second-order valence-electron chi connectivity index (χ2n) is 6.64. The van der Waals surface area contributed by atoms with Crippen molar-refractivity contribution in [2.24, 2.45) is 0 Å². The molecule has 0 aromatic heterocycles. The van der Waals surface area contributed by atoms with Crippen LogP contribution < -0.4 is 0 Å². The topological polar surface area (TPSA) is 320 Å². The molecule has 0 aliphatic carbocycles. The molecule has 17 nitrogen and oxygen atoms in total. The van der Waals surface area contributed by atoms with Crippen molar-refractivity contribution in [3.8, 4) is 0 Å². The number of rotatable bonds is 12. The first-order valence-corrected chi connectivity index (χ1v) is 10.1. The molecule has 12 N–H and O–H groups in total. The van der Waals surface area contributed by atoms with Gasteiger partial charge in [-0.3, -0.25) is 4.79 Å². The molecular formula is C19H38O17. The molecule has 216 valence electrons. The Morgan fingerprint density at radius 3 is 1.33 bits per heavy atom. The van der Waals surface area contributed by atoms with Gasteiger partial charge in [-0.15, -0.1) is 0 Å². The van der Waals surface area contributed by atoms with Crippen LogP contribution in [0.2, 0.25) is 0 Å². The van der Waals surface area contributed by atoms with Gasteiger partial charge < -0.3 is 70.8 Å². The zero-order valence-corrected chi connectivity index (χ0v) is 19.9. The van der Waals surface area contributed by atoms with E-state index in [2.05, 4.69) is 4.74 Å². The van der Waals surface area contributed by atoms with E-state index in [9.17, 15) is 29.4 Å². The number of hydrogen-bond acceptors (Lipinski definition) is 16. The highest BCUT2D eigenvalue weighted by Gasteiger charge is 2.34. The molecule has 17 heteroatoms. The SMILES string of the molecule is CC(O)C(=O)O.CC(O)C(=O)O[C@@H](C=O)[C@@H](O)[C@H](O)[C@H](O)CO.CCO.O=C[C@H](O)[C@@H](O)[C@H](O)CO. The smallest absolute Gasteiger partial charge is 0.335 e. The van der Waals surface area contributed by atoms with Gasteiger partial charge in [-0.2, -0.15) is 0 Å². The third-order valence-corrected chi connectivity index (χ3v) is 3.42. The lowest BCUT2D eigenvalue weighted by Gasteiger charge is -2.25. The van der Waals surface area contributed by atoms with Crippen molar-refractivity contribution in [1.82, 2.24) is 0 Å². The Kier molecular flexibility index (Phi) is 27.9. The van der Waals surface area contributed by atoms with Crippen LogP contribution in [0.3, 0.4) is 0 Å². The quantitative estimate of drug-likeness (QED) is 0.0811. The molecule has 0 spiro atoms. The predicted octanol–water partition coefficient (Wildman–Crippen LogP) is -6.74. The molecule has 0 saturated carbocycles. The first-order valence-electron chi connectivity index (χ1n) is 10.1. The van der Waals surface area contributed by atoms with E-state index in [0.717, 1.165) is 6.92 Å². The third kappa shape index (κ3) is 21.1. The number of aldehydes is 2. The number of carboxylic acid groups (broad SMARTS) is 1. The Hall–Kier alpha value is -2.16. The number of aliphatic carboxylic acids is 1. The maximum absolute atomic E-state index is 10.9. The minimum absolute atomic E-state index is 0.0399. The Labute approximate surface area is 206 Å². The molecule has 0 aromatic rings. The van der Waals surface area contributed by atoms with Crippen LogP contribution in [0, 0.1) is 0 Å². The van der Waals surface area contributed by atoms with Crippen LogP contribution >= 0.6 is 0 Å². The van der Waals surface area contributed by atoms with Crippen LogP contribution in [-0.2, 0) is 23.9 Å². The standard InChI is InChI=1S/C9H16O8.C5H10O5.C3H6O3.C2H6O/c1-4(12)9(16)17-6(3-11)8(15)7(14)5(13)2-10;6-1-3(8)5(10)4(9)2-7;1-2(4)3(5)6;1-2-3/h3-8,10,12-15H,2H2,1H3;1,3-5,7-10H,2H2;2,4H,1H3,(H,5,6);3H,2H2,1H3/t4?,5-,6+,7-,8-;3-,4+,5+;;/m10../s1. The van der Waals surface area contributed by atoms with E-state index >= 15 is 0 Å². The number of carbonyl (C=O) groups excluding carboxylic acids is 3. The van der Waals surface area contributed by atoms with E-state index in [1.54, 1.807) is 6.92 Å². The molecule has 0 heterocycles. The van der Waals surface area contributed by atoms with Crippen LogP contribution in [0.4, 0.5) is 0 Å². The number of carboxylic acids is 1. The molecule has 9 atom stereocenters. The van der Waals surface area contributed by atoms with Crippen molar-refractivity contribution in [3.05, 3.63) is 0 Å². The molecule has 0 aliphatic heterocycles. The first-order chi connectivity index (χ1) is 16.5. The van der Waals surface area contributed by atoms with Crippen LogP contribution in [0.5, 0.6) is 0 Å². The lowest BCUT2D eigenvalue weighted by molar-refractivity contribution is -0.174. The summed E-state index contributed by atoms with van der Waals surface area (Å²) in [4.78, 5) is 40.7. The number of esters is 1. The molecule has 2 unspecified atom stereocenters. The maximum Gasteiger partial charge on any atom is 0.335 e. The molecular weight excluding hydrogens is 500 g/mol. The summed E-state index contributed by atoms with van der Waals surface area (Å²) in [7, 11) is 0. The highest BCUT2D eigenvalue weighted by Crippen LogP contribution is 2.08. The lowest BCUT2D eigenvalue weighted by Crippen LogP contribution is -2.48. The van der Waals surface area contributed by atoms with Crippen molar-refractivity contribution in [3.63, 3.8) is 0 Å². The van der Waals surface area contributed by atoms with Crippen molar-refractivity contribution in [2.45, 2.75) is 75.7 Å². The largest absolute Gasteiger partial charge is 0.479 e. The lowest BCUT2D eigenvalue weighted by atomic mass is 10.0. The highest BCUT2D eigenvalue weighted by atomic mass is 16.6. The molecule has 0 radical (unpaired) electrons. The van der Waals surface area contributed by atoms with E-state index in [4.69, 9.17) is 51.1 Å². The summed E-state index contributed by atoms with van der Waals surface area (Å²) >= 11 is 0. The molecule has 0 rings (SSSR count). The molecule has 0 bridgehead atoms. The Morgan fingerprint density at radius 1 is 0.722 bits per heavy atom. The first kappa shape index (κ1) is 41.0. The van der Waals surface area contributed by atoms with Crippen molar-refractivity contribution in [2.75, 3.05) is 19.8 Å². The van der Waals surface area contributed by atoms with Gasteiger partial charge >= 0.3 is 11.9 Å². The fraction of sp³-hybridized carbons (Fsp3) is 0.789. The fourth-order valence-corrected chi connectivity index (χ4v) is 1.36. The van der Waals surface area contributed by atoms with Gasteiger partial charge in [0.15, 0.2) is 18.7 Å². The number of hydrogen-bond donors (Lipinski definition) is 12. The maximum atomic E-state index is 10.9. The van der Waals surface area contributed by atoms with E-state index in [1.807, 2.05) is 0 Å². The van der Waals surface area contributed by atoms with Gasteiger partial charge in [-0.1, -0.05) is 0 Å². The van der Waals surface area contributed by atoms with Crippen molar-refractivity contribution < 1.29 is 85.2 Å². The van der Waals surface area contributed by atoms with Gasteiger partial charge in [-0.25, -0.2) is 9.59 Å². The molecule has 0 fully saturated rings. The van der Waals surface area contributed by atoms with Crippen LogP contribution in [0.15, 0.2) is 0 Å². The molecule has 0 aromatic carbocycles. The van der Waals surface area contributed by atoms with Crippen LogP contribution in [-0.4, -0.2) is 161 Å². The van der Waals surface area contributed by atoms with Gasteiger partial charge in [0.25, 0.3) is 0 Å². The molecule has 36 heavy (non-hydrogen) atoms. The van der Waals surface area contributed by atoms with E-state index in [-0.39, 0.29) is 19.2 Å². The van der Waals surface area contributed by atoms with Gasteiger partial charge in [0.1, 0.15) is 48.8 Å². The average Bonchev–Trinajstić information content (AvgIpc) is 2.85. The summed E-state index contributed by atoms with van der Waals surface area (Å²) in [5, 5.41) is 102. The second-order valence-corrected chi connectivity index (χ2v) is 6.64. The Bertz CT molecular complexity index is 570. The van der Waals surface area contributed by atoms with Gasteiger partial charge in [0.05, 0.1) is 13.2 Å². The minimum atomic E-state index is -1.91. The average molecular weight is 538 g/mol. The van der Waals surface area contributed by atoms with E-state index in [0.29, 0.717) is 0 Å². The minimum Gasteiger partial charge on any atom is -0.479 e. The van der Waals surface area contributed by atoms with Crippen molar-refractivity contribution in [1.29, 1.82) is 0 Å². The van der Waals surface area contributed by atoms with Gasteiger partial charge in [-0.05, 0) is 20.8 Å². The van der Waals surface area contributed by atoms with E-state index < -0.39 is 80.1 Å². The molecule has 0 aliphatic rings. The monoisotopic (exact) mass is 538 g/mol. The van der Waals surface area contributed by atoms with Crippen molar-refractivity contribution >= 4 is 24.5 Å². The summed E-state index contributed by atoms with van der Waals surface area (Å²) in [5.41, 5.74) is 0. The number of aliphatic hydroxyl groups is 11. The number of carbonyl (C=O) groups is 4. The molecule has 0 amide bonds. The summed E-state index contributed by atoms with van der Waals surface area (Å²) in [6, 6.07) is 0. The van der Waals surface area contributed by atoms with Crippen LogP contribution in [0.1, 0.15) is 20.8 Å². The zero-order valence-electron chi connectivity index (χ0n) is 19.9. The van der Waals surface area contributed by atoms with E-state index in [1.165, 1.54) is 6.92 Å².